The third-order valence-electron chi connectivity index (χ3n) is 1.39. The van der Waals surface area contributed by atoms with Crippen molar-refractivity contribution in [2.75, 3.05) is 0 Å². The molecular weight excluding hydrogens is 217 g/mol. The topological polar surface area (TPSA) is 12.9 Å². The first kappa shape index (κ1) is 11.2. The van der Waals surface area contributed by atoms with Crippen LogP contribution >= 0.6 is 11.6 Å². The van der Waals surface area contributed by atoms with E-state index < -0.39 is 13.9 Å². The lowest BCUT2D eigenvalue weighted by atomic mass is 10.3. The number of halogens is 2. The fraction of sp³-hybridized carbons (Fsp3) is 0.300. The summed E-state index contributed by atoms with van der Waals surface area (Å²) in [6.07, 6.45) is 1.09. The van der Waals surface area contributed by atoms with Gasteiger partial charge in [0.05, 0.1) is 11.8 Å². The number of rotatable bonds is 0. The van der Waals surface area contributed by atoms with Crippen LogP contribution in [0.1, 0.15) is 5.56 Å². The maximum atomic E-state index is 13.1. The predicted molar refractivity (Wildman–Crippen MR) is 59.4 cm³/mol. The van der Waals surface area contributed by atoms with Gasteiger partial charge in [0.1, 0.15) is 13.2 Å². The molecule has 0 amide bonds. The van der Waals surface area contributed by atoms with Crippen LogP contribution in [0.4, 0.5) is 4.39 Å². The van der Waals surface area contributed by atoms with Gasteiger partial charge in [0.15, 0.2) is 5.82 Å². The second kappa shape index (κ2) is 4.12. The fourth-order valence-electron chi connectivity index (χ4n) is 0.764. The molecule has 0 fully saturated rings. The second-order valence-corrected chi connectivity index (χ2v) is 9.12. The number of nitrogens with zero attached hydrogens (tertiary/aromatic N) is 1. The SMILES string of the molecule is C[Si](C)(C)C#Cc1cc(Cl)ncc1F. The normalized spacial score (nSPS) is 10.6. The molecule has 0 unspecified atom stereocenters. The van der Waals surface area contributed by atoms with Crippen molar-refractivity contribution >= 4 is 19.7 Å². The van der Waals surface area contributed by atoms with Crippen LogP contribution < -0.4 is 0 Å². The Morgan fingerprint density at radius 2 is 2.07 bits per heavy atom. The maximum absolute atomic E-state index is 13.1. The van der Waals surface area contributed by atoms with Gasteiger partial charge in [-0.25, -0.2) is 9.37 Å². The molecule has 0 bridgehead atoms. The molecule has 14 heavy (non-hydrogen) atoms. The van der Waals surface area contributed by atoms with Crippen LogP contribution in [0.15, 0.2) is 12.3 Å². The van der Waals surface area contributed by atoms with Crippen LogP contribution in [0.5, 0.6) is 0 Å². The molecule has 74 valence electrons. The fourth-order valence-corrected chi connectivity index (χ4v) is 1.43. The largest absolute Gasteiger partial charge is 0.241 e. The van der Waals surface area contributed by atoms with Gasteiger partial charge in [-0.1, -0.05) is 37.2 Å². The number of hydrogen-bond donors (Lipinski definition) is 0. The highest BCUT2D eigenvalue weighted by molar-refractivity contribution is 6.83. The molecule has 1 aromatic heterocycles. The minimum absolute atomic E-state index is 0.270. The lowest BCUT2D eigenvalue weighted by Gasteiger charge is -2.03. The Balaban J connectivity index is 3.06. The molecule has 0 aliphatic heterocycles. The third kappa shape index (κ3) is 3.49. The molecule has 0 radical (unpaired) electrons. The molecule has 0 spiro atoms. The molecule has 1 nitrogen and oxygen atoms in total. The summed E-state index contributed by atoms with van der Waals surface area (Å²) in [5.74, 6) is 2.39. The summed E-state index contributed by atoms with van der Waals surface area (Å²) < 4.78 is 13.1. The van der Waals surface area contributed by atoms with E-state index in [1.165, 1.54) is 6.07 Å². The summed E-state index contributed by atoms with van der Waals surface area (Å²) in [6.45, 7) is 6.29. The maximum Gasteiger partial charge on any atom is 0.157 e. The summed E-state index contributed by atoms with van der Waals surface area (Å²) in [6, 6.07) is 1.45. The third-order valence-corrected chi connectivity index (χ3v) is 2.48. The van der Waals surface area contributed by atoms with Crippen molar-refractivity contribution in [2.45, 2.75) is 19.6 Å². The van der Waals surface area contributed by atoms with E-state index in [4.69, 9.17) is 11.6 Å². The minimum atomic E-state index is -1.47. The zero-order chi connectivity index (χ0) is 10.8. The highest BCUT2D eigenvalue weighted by atomic mass is 35.5. The van der Waals surface area contributed by atoms with Gasteiger partial charge in [-0.2, -0.15) is 0 Å². The molecule has 0 atom stereocenters. The molecule has 1 heterocycles. The van der Waals surface area contributed by atoms with E-state index in [2.05, 4.69) is 36.1 Å². The van der Waals surface area contributed by atoms with Crippen LogP contribution in [0.3, 0.4) is 0 Å². The van der Waals surface area contributed by atoms with Crippen LogP contribution in [-0.2, 0) is 0 Å². The van der Waals surface area contributed by atoms with E-state index >= 15 is 0 Å². The average Bonchev–Trinajstić information content (AvgIpc) is 2.05. The Kier molecular flexibility index (Phi) is 3.30. The molecule has 0 saturated carbocycles. The Morgan fingerprint density at radius 3 is 2.64 bits per heavy atom. The molecule has 0 saturated heterocycles. The summed E-state index contributed by atoms with van der Waals surface area (Å²) in [5, 5.41) is 0.270. The predicted octanol–water partition coefficient (Wildman–Crippen LogP) is 3.10. The van der Waals surface area contributed by atoms with Gasteiger partial charge in [-0.05, 0) is 6.07 Å². The van der Waals surface area contributed by atoms with E-state index in [9.17, 15) is 4.39 Å². The first-order chi connectivity index (χ1) is 6.38. The highest BCUT2D eigenvalue weighted by Gasteiger charge is 2.08. The lowest BCUT2D eigenvalue weighted by molar-refractivity contribution is 0.618. The Labute approximate surface area is 89.3 Å². The molecule has 0 N–H and O–H groups in total. The second-order valence-electron chi connectivity index (χ2n) is 3.99. The molecule has 4 heteroatoms. The molecule has 1 rings (SSSR count). The van der Waals surface area contributed by atoms with Gasteiger partial charge in [-0.3, -0.25) is 0 Å². The van der Waals surface area contributed by atoms with E-state index in [0.29, 0.717) is 5.56 Å². The standard InChI is InChI=1S/C10H11ClFNSi/c1-14(2,3)5-4-8-6-10(11)13-7-9(8)12/h6-7H,1-3H3. The highest BCUT2D eigenvalue weighted by Crippen LogP contribution is 2.10. The van der Waals surface area contributed by atoms with E-state index in [0.717, 1.165) is 6.20 Å². The van der Waals surface area contributed by atoms with Crippen LogP contribution in [-0.4, -0.2) is 13.1 Å². The van der Waals surface area contributed by atoms with Gasteiger partial charge in [0.2, 0.25) is 0 Å². The van der Waals surface area contributed by atoms with Crippen molar-refractivity contribution in [3.8, 4) is 11.5 Å². The first-order valence-electron chi connectivity index (χ1n) is 4.23. The molecule has 0 aliphatic carbocycles. The number of hydrogen-bond acceptors (Lipinski definition) is 1. The van der Waals surface area contributed by atoms with Crippen LogP contribution in [0.25, 0.3) is 0 Å². The molecule has 0 aliphatic rings. The smallest absolute Gasteiger partial charge is 0.157 e. The van der Waals surface area contributed by atoms with Crippen LogP contribution in [0.2, 0.25) is 24.8 Å². The van der Waals surface area contributed by atoms with Gasteiger partial charge in [0.25, 0.3) is 0 Å². The van der Waals surface area contributed by atoms with Crippen molar-refractivity contribution in [3.63, 3.8) is 0 Å². The van der Waals surface area contributed by atoms with Crippen molar-refractivity contribution in [1.29, 1.82) is 0 Å². The molecule has 0 aromatic carbocycles. The Bertz CT molecular complexity index is 401. The first-order valence-corrected chi connectivity index (χ1v) is 8.10. The van der Waals surface area contributed by atoms with Crippen LogP contribution in [0, 0.1) is 17.3 Å². The summed E-state index contributed by atoms with van der Waals surface area (Å²) in [5.41, 5.74) is 3.39. The van der Waals surface area contributed by atoms with Crippen molar-refractivity contribution < 1.29 is 4.39 Å². The van der Waals surface area contributed by atoms with E-state index in [1.54, 1.807) is 0 Å². The van der Waals surface area contributed by atoms with Crippen molar-refractivity contribution in [2.24, 2.45) is 0 Å². The number of aromatic nitrogens is 1. The zero-order valence-corrected chi connectivity index (χ0v) is 10.1. The zero-order valence-electron chi connectivity index (χ0n) is 8.36. The lowest BCUT2D eigenvalue weighted by Crippen LogP contribution is -2.16. The van der Waals surface area contributed by atoms with Crippen molar-refractivity contribution in [1.82, 2.24) is 4.98 Å². The Hall–Kier alpha value is -0.853. The quantitative estimate of drug-likeness (QED) is 0.377. The van der Waals surface area contributed by atoms with Gasteiger partial charge < -0.3 is 0 Å². The summed E-state index contributed by atoms with van der Waals surface area (Å²) in [4.78, 5) is 3.62. The Morgan fingerprint density at radius 1 is 1.43 bits per heavy atom. The van der Waals surface area contributed by atoms with Gasteiger partial charge in [-0.15, -0.1) is 5.54 Å². The molecule has 1 aromatic rings. The van der Waals surface area contributed by atoms with Crippen molar-refractivity contribution in [3.05, 3.63) is 28.8 Å². The van der Waals surface area contributed by atoms with E-state index in [-0.39, 0.29) is 5.15 Å². The summed E-state index contributed by atoms with van der Waals surface area (Å²) in [7, 11) is -1.47. The summed E-state index contributed by atoms with van der Waals surface area (Å²) >= 11 is 5.63. The monoisotopic (exact) mass is 227 g/mol. The molecular formula is C10H11ClFNSi. The van der Waals surface area contributed by atoms with Gasteiger partial charge in [0, 0.05) is 0 Å². The minimum Gasteiger partial charge on any atom is -0.241 e. The number of pyridine rings is 1. The van der Waals surface area contributed by atoms with E-state index in [1.807, 2.05) is 0 Å². The van der Waals surface area contributed by atoms with Gasteiger partial charge >= 0.3 is 0 Å². The average molecular weight is 228 g/mol.